The van der Waals surface area contributed by atoms with E-state index in [0.717, 1.165) is 115 Å². The third kappa shape index (κ3) is 14.1. The minimum Gasteiger partial charge on any atom is -0.469 e. The molecule has 1 saturated carbocycles. The third-order valence-electron chi connectivity index (χ3n) is 10.5. The first kappa shape index (κ1) is 40.1. The largest absolute Gasteiger partial charge is 0.469 e. The Morgan fingerprint density at radius 3 is 2.29 bits per heavy atom. The van der Waals surface area contributed by atoms with Crippen LogP contribution in [-0.2, 0) is 42.8 Å². The van der Waals surface area contributed by atoms with E-state index in [1.54, 1.807) is 0 Å². The van der Waals surface area contributed by atoms with Crippen molar-refractivity contribution in [3.05, 3.63) is 35.1 Å². The van der Waals surface area contributed by atoms with Gasteiger partial charge in [-0.05, 0) is 128 Å². The number of hydrogen-bond acceptors (Lipinski definition) is 9. The van der Waals surface area contributed by atoms with Gasteiger partial charge in [-0.25, -0.2) is 0 Å². The zero-order valence-electron chi connectivity index (χ0n) is 30.9. The number of carbonyl (C=O) groups is 1. The zero-order chi connectivity index (χ0) is 35.2. The van der Waals surface area contributed by atoms with Crippen LogP contribution in [-0.4, -0.2) is 65.8 Å². The maximum absolute atomic E-state index is 12.0. The van der Waals surface area contributed by atoms with Gasteiger partial charge in [-0.2, -0.15) is 8.42 Å². The number of ether oxygens (including phenoxy) is 5. The summed E-state index contributed by atoms with van der Waals surface area (Å²) in [5.41, 5.74) is 2.63. The van der Waals surface area contributed by atoms with Gasteiger partial charge in [-0.1, -0.05) is 30.2 Å². The van der Waals surface area contributed by atoms with Crippen LogP contribution in [0.2, 0.25) is 0 Å². The summed E-state index contributed by atoms with van der Waals surface area (Å²) in [7, 11) is -3.58. The van der Waals surface area contributed by atoms with Crippen LogP contribution in [0.15, 0.2) is 35.1 Å². The van der Waals surface area contributed by atoms with Crippen molar-refractivity contribution in [1.29, 1.82) is 0 Å². The van der Waals surface area contributed by atoms with E-state index in [1.807, 2.05) is 0 Å². The van der Waals surface area contributed by atoms with Crippen LogP contribution in [0.3, 0.4) is 0 Å². The van der Waals surface area contributed by atoms with E-state index >= 15 is 0 Å². The van der Waals surface area contributed by atoms with E-state index in [-0.39, 0.29) is 54.9 Å². The molecule has 10 heteroatoms. The first-order valence-electron chi connectivity index (χ1n) is 19.1. The van der Waals surface area contributed by atoms with E-state index in [2.05, 4.69) is 39.0 Å². The van der Waals surface area contributed by atoms with E-state index in [9.17, 15) is 13.2 Å². The smallest absolute Gasteiger partial charge is 0.302 e. The molecule has 280 valence electrons. The lowest BCUT2D eigenvalue weighted by atomic mass is 9.84. The SMILES string of the molecule is CC(=O)OCCCCC(COS(C)(=O)=O)C1=CC2C[C@H](OC3CCCCO3)[C@H](C(=CCC[C@H](C)CCC=C(C)C)OC3CCCCO3)C2C1. The van der Waals surface area contributed by atoms with Gasteiger partial charge in [0, 0.05) is 31.8 Å². The molecule has 0 aromatic carbocycles. The molecular weight excluding hydrogens is 644 g/mol. The first-order valence-corrected chi connectivity index (χ1v) is 20.9. The molecule has 5 unspecified atom stereocenters. The number of rotatable bonds is 20. The van der Waals surface area contributed by atoms with E-state index in [0.29, 0.717) is 12.5 Å². The highest BCUT2D eigenvalue weighted by Crippen LogP contribution is 2.53. The highest BCUT2D eigenvalue weighted by atomic mass is 32.2. The van der Waals surface area contributed by atoms with Crippen molar-refractivity contribution in [2.24, 2.45) is 29.6 Å². The second-order valence-electron chi connectivity index (χ2n) is 15.1. The third-order valence-corrected chi connectivity index (χ3v) is 11.1. The van der Waals surface area contributed by atoms with Gasteiger partial charge in [-0.3, -0.25) is 8.98 Å². The minimum atomic E-state index is -3.58. The highest BCUT2D eigenvalue weighted by molar-refractivity contribution is 7.85. The summed E-state index contributed by atoms with van der Waals surface area (Å²) in [6.07, 6.45) is 22.1. The second kappa shape index (κ2) is 20.4. The molecule has 49 heavy (non-hydrogen) atoms. The Labute approximate surface area is 296 Å². The Morgan fingerprint density at radius 2 is 1.65 bits per heavy atom. The predicted molar refractivity (Wildman–Crippen MR) is 191 cm³/mol. The van der Waals surface area contributed by atoms with Crippen molar-refractivity contribution in [3.8, 4) is 0 Å². The van der Waals surface area contributed by atoms with Crippen molar-refractivity contribution in [1.82, 2.24) is 0 Å². The van der Waals surface area contributed by atoms with Gasteiger partial charge in [0.05, 0.1) is 32.2 Å². The summed E-state index contributed by atoms with van der Waals surface area (Å²) in [6, 6.07) is 0. The number of unbranched alkanes of at least 4 members (excludes halogenated alkanes) is 1. The van der Waals surface area contributed by atoms with Gasteiger partial charge in [0.1, 0.15) is 5.76 Å². The fraction of sp³-hybridized carbons (Fsp3) is 0.821. The maximum Gasteiger partial charge on any atom is 0.302 e. The van der Waals surface area contributed by atoms with E-state index < -0.39 is 10.1 Å². The van der Waals surface area contributed by atoms with Gasteiger partial charge < -0.3 is 23.7 Å². The van der Waals surface area contributed by atoms with Gasteiger partial charge in [0.2, 0.25) is 0 Å². The summed E-state index contributed by atoms with van der Waals surface area (Å²) in [6.45, 7) is 10.0. The Hall–Kier alpha value is -1.72. The van der Waals surface area contributed by atoms with Crippen molar-refractivity contribution in [2.45, 2.75) is 143 Å². The van der Waals surface area contributed by atoms with Crippen molar-refractivity contribution >= 4 is 16.1 Å². The summed E-state index contributed by atoms with van der Waals surface area (Å²) in [4.78, 5) is 11.2. The summed E-state index contributed by atoms with van der Waals surface area (Å²) in [5.74, 6) is 1.90. The van der Waals surface area contributed by atoms with Gasteiger partial charge in [-0.15, -0.1) is 0 Å². The van der Waals surface area contributed by atoms with Crippen LogP contribution in [0.25, 0.3) is 0 Å². The van der Waals surface area contributed by atoms with Crippen molar-refractivity contribution in [2.75, 3.05) is 32.7 Å². The molecule has 8 atom stereocenters. The van der Waals surface area contributed by atoms with Crippen LogP contribution < -0.4 is 0 Å². The molecule has 3 fully saturated rings. The van der Waals surface area contributed by atoms with E-state index in [1.165, 1.54) is 24.5 Å². The summed E-state index contributed by atoms with van der Waals surface area (Å²) < 4.78 is 60.4. The van der Waals surface area contributed by atoms with Crippen LogP contribution >= 0.6 is 0 Å². The fourth-order valence-corrected chi connectivity index (χ4v) is 8.30. The molecular formula is C39H64O9S. The average molecular weight is 709 g/mol. The molecule has 0 aromatic heterocycles. The van der Waals surface area contributed by atoms with E-state index in [4.69, 9.17) is 27.9 Å². The summed E-state index contributed by atoms with van der Waals surface area (Å²) in [5, 5.41) is 0. The normalized spacial score (nSPS) is 28.8. The zero-order valence-corrected chi connectivity index (χ0v) is 31.7. The molecule has 4 aliphatic rings. The van der Waals surface area contributed by atoms with Crippen LogP contribution in [0.1, 0.15) is 124 Å². The molecule has 0 spiro atoms. The standard InChI is InChI=1S/C39H64O9S/c1-28(2)14-12-15-29(3)16-13-18-35(47-37-19-7-10-22-44-37)39-34-25-32(24-33(34)26-36(39)48-38-20-8-11-23-45-38)31(27-46-49(5,41)42)17-6-9-21-43-30(4)40/h14,18,24,29,31,33-34,36-39H,6-13,15-17,19-23,25-27H2,1-5H3/t29-,31?,33?,34?,36+,37?,38?,39+/m1/s1. The molecule has 4 rings (SSSR count). The molecule has 2 saturated heterocycles. The number of fused-ring (bicyclic) bond motifs is 1. The Kier molecular flexibility index (Phi) is 16.6. The molecule has 0 N–H and O–H groups in total. The summed E-state index contributed by atoms with van der Waals surface area (Å²) >= 11 is 0. The predicted octanol–water partition coefficient (Wildman–Crippen LogP) is 8.40. The van der Waals surface area contributed by atoms with Crippen LogP contribution in [0.4, 0.5) is 0 Å². The van der Waals surface area contributed by atoms with Gasteiger partial charge in [0.25, 0.3) is 10.1 Å². The quantitative estimate of drug-likeness (QED) is 0.0405. The number of hydrogen-bond donors (Lipinski definition) is 0. The molecule has 9 nitrogen and oxygen atoms in total. The monoisotopic (exact) mass is 708 g/mol. The maximum atomic E-state index is 12.0. The molecule has 0 aromatic rings. The lowest BCUT2D eigenvalue weighted by Crippen LogP contribution is -2.34. The van der Waals surface area contributed by atoms with Crippen LogP contribution in [0, 0.1) is 29.6 Å². The minimum absolute atomic E-state index is 0.0315. The molecule has 2 aliphatic carbocycles. The molecule has 0 bridgehead atoms. The second-order valence-corrected chi connectivity index (χ2v) is 16.7. The van der Waals surface area contributed by atoms with Crippen molar-refractivity contribution < 1.29 is 41.1 Å². The number of esters is 1. The van der Waals surface area contributed by atoms with Crippen molar-refractivity contribution in [3.63, 3.8) is 0 Å². The average Bonchev–Trinajstić information content (AvgIpc) is 3.59. The molecule has 2 aliphatic heterocycles. The molecule has 0 amide bonds. The van der Waals surface area contributed by atoms with Gasteiger partial charge in [0.15, 0.2) is 12.6 Å². The Bertz CT molecular complexity index is 1210. The molecule has 2 heterocycles. The number of carbonyl (C=O) groups excluding carboxylic acids is 1. The Morgan fingerprint density at radius 1 is 0.959 bits per heavy atom. The molecule has 0 radical (unpaired) electrons. The number of allylic oxidation sites excluding steroid dienone is 4. The topological polar surface area (TPSA) is 107 Å². The van der Waals surface area contributed by atoms with Crippen LogP contribution in [0.5, 0.6) is 0 Å². The first-order chi connectivity index (χ1) is 23.5. The highest BCUT2D eigenvalue weighted by Gasteiger charge is 2.50. The lowest BCUT2D eigenvalue weighted by Gasteiger charge is -2.34. The lowest BCUT2D eigenvalue weighted by molar-refractivity contribution is -0.201. The van der Waals surface area contributed by atoms with Gasteiger partial charge >= 0.3 is 5.97 Å². The Balaban J connectivity index is 1.54. The fourth-order valence-electron chi connectivity index (χ4n) is 7.89.